The maximum Gasteiger partial charge on any atom is 0.215 e. The number of benzene rings is 2. The number of rotatable bonds is 6. The number of anilines is 1. The van der Waals surface area contributed by atoms with Gasteiger partial charge in [0.15, 0.2) is 5.69 Å². The van der Waals surface area contributed by atoms with Gasteiger partial charge in [0.05, 0.1) is 24.2 Å². The van der Waals surface area contributed by atoms with Gasteiger partial charge >= 0.3 is 0 Å². The Morgan fingerprint density at radius 2 is 2.00 bits per heavy atom. The third kappa shape index (κ3) is 4.23. The molecule has 6 nitrogen and oxygen atoms in total. The Morgan fingerprint density at radius 3 is 2.68 bits per heavy atom. The van der Waals surface area contributed by atoms with Crippen molar-refractivity contribution in [1.82, 2.24) is 15.0 Å². The zero-order valence-corrected chi connectivity index (χ0v) is 19.4. The van der Waals surface area contributed by atoms with E-state index in [4.69, 9.17) is 11.2 Å². The SMILES string of the molecule is C#C/C(C)=C1\Cc2c(C(=O)c3ccc(F)cc3)nnn2-c2cc(OC)ccc2N1/C=C/CCC. The van der Waals surface area contributed by atoms with Crippen LogP contribution in [0.4, 0.5) is 10.1 Å². The molecular formula is C27H25FN4O2. The molecule has 0 N–H and O–H groups in total. The lowest BCUT2D eigenvalue weighted by Crippen LogP contribution is -2.19. The summed E-state index contributed by atoms with van der Waals surface area (Å²) in [5.41, 5.74) is 4.25. The lowest BCUT2D eigenvalue weighted by atomic mass is 10.0. The van der Waals surface area contributed by atoms with E-state index < -0.39 is 5.82 Å². The molecule has 0 unspecified atom stereocenters. The van der Waals surface area contributed by atoms with Gasteiger partial charge in [-0.1, -0.05) is 30.6 Å². The molecule has 2 aromatic carbocycles. The number of ether oxygens (including phenoxy) is 1. The fraction of sp³-hybridized carbons (Fsp3) is 0.222. The van der Waals surface area contributed by atoms with Gasteiger partial charge in [-0.2, -0.15) is 0 Å². The summed E-state index contributed by atoms with van der Waals surface area (Å²) in [6.07, 6.45) is 12.2. The molecule has 4 rings (SSSR count). The molecule has 0 saturated carbocycles. The summed E-state index contributed by atoms with van der Waals surface area (Å²) >= 11 is 0. The first-order chi connectivity index (χ1) is 16.5. The molecule has 1 aromatic heterocycles. The summed E-state index contributed by atoms with van der Waals surface area (Å²) in [6, 6.07) is 11.1. The Bertz CT molecular complexity index is 1330. The van der Waals surface area contributed by atoms with Crippen LogP contribution >= 0.6 is 0 Å². The number of aromatic nitrogens is 3. The van der Waals surface area contributed by atoms with E-state index in [1.807, 2.05) is 36.2 Å². The van der Waals surface area contributed by atoms with Gasteiger partial charge in [-0.05, 0) is 49.7 Å². The maximum absolute atomic E-state index is 13.4. The van der Waals surface area contributed by atoms with Crippen molar-refractivity contribution in [2.45, 2.75) is 33.1 Å². The van der Waals surface area contributed by atoms with Crippen molar-refractivity contribution < 1.29 is 13.9 Å². The normalized spacial score (nSPS) is 14.3. The van der Waals surface area contributed by atoms with E-state index in [9.17, 15) is 9.18 Å². The zero-order chi connectivity index (χ0) is 24.2. The molecule has 0 radical (unpaired) electrons. The number of allylic oxidation sites excluding steroid dienone is 3. The predicted octanol–water partition coefficient (Wildman–Crippen LogP) is 5.23. The highest BCUT2D eigenvalue weighted by Crippen LogP contribution is 2.37. The second-order valence-electron chi connectivity index (χ2n) is 7.92. The predicted molar refractivity (Wildman–Crippen MR) is 130 cm³/mol. The Kier molecular flexibility index (Phi) is 6.60. The Morgan fingerprint density at radius 1 is 1.24 bits per heavy atom. The fourth-order valence-electron chi connectivity index (χ4n) is 3.87. The molecule has 0 fully saturated rings. The van der Waals surface area contributed by atoms with Gasteiger partial charge in [-0.15, -0.1) is 11.5 Å². The van der Waals surface area contributed by atoms with Crippen molar-refractivity contribution in [2.75, 3.05) is 12.0 Å². The minimum Gasteiger partial charge on any atom is -0.497 e. The first-order valence-corrected chi connectivity index (χ1v) is 11.0. The van der Waals surface area contributed by atoms with E-state index in [0.717, 1.165) is 29.8 Å². The number of methoxy groups -OCH3 is 1. The third-order valence-electron chi connectivity index (χ3n) is 5.74. The molecule has 0 aliphatic carbocycles. The number of hydrogen-bond donors (Lipinski definition) is 0. The van der Waals surface area contributed by atoms with E-state index in [1.54, 1.807) is 11.8 Å². The van der Waals surface area contributed by atoms with Crippen LogP contribution in [0.15, 0.2) is 66.0 Å². The molecule has 1 aliphatic rings. The number of halogens is 1. The first-order valence-electron chi connectivity index (χ1n) is 11.0. The molecule has 0 spiro atoms. The third-order valence-corrected chi connectivity index (χ3v) is 5.74. The Balaban J connectivity index is 1.94. The minimum absolute atomic E-state index is 0.196. The van der Waals surface area contributed by atoms with Gasteiger partial charge in [0.2, 0.25) is 5.78 Å². The summed E-state index contributed by atoms with van der Waals surface area (Å²) in [4.78, 5) is 15.4. The average Bonchev–Trinajstić information content (AvgIpc) is 3.22. The van der Waals surface area contributed by atoms with Crippen LogP contribution in [0.2, 0.25) is 0 Å². The molecule has 7 heteroatoms. The lowest BCUT2D eigenvalue weighted by molar-refractivity contribution is 0.103. The van der Waals surface area contributed by atoms with E-state index >= 15 is 0 Å². The number of ketones is 1. The second kappa shape index (κ2) is 9.75. The number of fused-ring (bicyclic) bond motifs is 3. The van der Waals surface area contributed by atoms with E-state index in [2.05, 4.69) is 29.2 Å². The van der Waals surface area contributed by atoms with Crippen molar-refractivity contribution in [2.24, 2.45) is 0 Å². The molecule has 34 heavy (non-hydrogen) atoms. The maximum atomic E-state index is 13.4. The molecule has 1 aliphatic heterocycles. The molecule has 0 saturated heterocycles. The molecule has 2 heterocycles. The smallest absolute Gasteiger partial charge is 0.215 e. The largest absolute Gasteiger partial charge is 0.497 e. The van der Waals surface area contributed by atoms with Crippen LogP contribution in [0, 0.1) is 18.2 Å². The Labute approximate surface area is 198 Å². The van der Waals surface area contributed by atoms with E-state index in [1.165, 1.54) is 24.3 Å². The summed E-state index contributed by atoms with van der Waals surface area (Å²) in [7, 11) is 1.59. The van der Waals surface area contributed by atoms with Crippen LogP contribution in [0.25, 0.3) is 5.69 Å². The lowest BCUT2D eigenvalue weighted by Gasteiger charge is -2.24. The first kappa shape index (κ1) is 23.0. The van der Waals surface area contributed by atoms with Gasteiger partial charge in [0, 0.05) is 35.5 Å². The number of carbonyl (C=O) groups excluding carboxylic acids is 1. The standard InChI is InChI=1S/C27H25FN4O2/c1-5-7-8-15-31-22-14-13-21(34-4)16-24(22)32-25(17-23(31)18(3)6-2)26(29-30-32)27(33)19-9-11-20(28)12-10-19/h2,8-16H,5,7,17H2,1,3-4H3/b15-8+,23-18+. The number of nitrogens with zero attached hydrogens (tertiary/aromatic N) is 4. The van der Waals surface area contributed by atoms with Crippen LogP contribution in [0.5, 0.6) is 5.75 Å². The van der Waals surface area contributed by atoms with Gasteiger partial charge < -0.3 is 9.64 Å². The molecule has 172 valence electrons. The van der Waals surface area contributed by atoms with Gasteiger partial charge in [-0.3, -0.25) is 4.79 Å². The molecule has 0 bridgehead atoms. The van der Waals surface area contributed by atoms with Crippen LogP contribution < -0.4 is 9.64 Å². The Hall–Kier alpha value is -4.18. The van der Waals surface area contributed by atoms with Crippen LogP contribution in [-0.2, 0) is 6.42 Å². The summed E-state index contributed by atoms with van der Waals surface area (Å²) in [5, 5.41) is 8.57. The van der Waals surface area contributed by atoms with Gasteiger partial charge in [0.25, 0.3) is 0 Å². The quantitative estimate of drug-likeness (QED) is 0.376. The molecule has 0 amide bonds. The number of carbonyl (C=O) groups is 1. The van der Waals surface area contributed by atoms with Crippen molar-refractivity contribution in [3.8, 4) is 23.8 Å². The van der Waals surface area contributed by atoms with Crippen molar-refractivity contribution in [3.05, 3.63) is 88.8 Å². The monoisotopic (exact) mass is 456 g/mol. The van der Waals surface area contributed by atoms with Crippen molar-refractivity contribution in [1.29, 1.82) is 0 Å². The highest BCUT2D eigenvalue weighted by molar-refractivity contribution is 6.08. The molecule has 0 atom stereocenters. The molecule has 3 aromatic rings. The highest BCUT2D eigenvalue weighted by Gasteiger charge is 2.30. The van der Waals surface area contributed by atoms with Crippen LogP contribution in [-0.4, -0.2) is 27.9 Å². The average molecular weight is 457 g/mol. The van der Waals surface area contributed by atoms with E-state index in [-0.39, 0.29) is 11.5 Å². The number of terminal acetylenes is 1. The number of hydrogen-bond acceptors (Lipinski definition) is 5. The summed E-state index contributed by atoms with van der Waals surface area (Å²) in [6.45, 7) is 3.99. The van der Waals surface area contributed by atoms with Crippen LogP contribution in [0.3, 0.4) is 0 Å². The summed E-state index contributed by atoms with van der Waals surface area (Å²) in [5.74, 6) is 2.64. The van der Waals surface area contributed by atoms with Crippen molar-refractivity contribution in [3.63, 3.8) is 0 Å². The van der Waals surface area contributed by atoms with Gasteiger partial charge in [0.1, 0.15) is 11.6 Å². The van der Waals surface area contributed by atoms with Gasteiger partial charge in [-0.25, -0.2) is 9.07 Å². The van der Waals surface area contributed by atoms with E-state index in [0.29, 0.717) is 29.1 Å². The van der Waals surface area contributed by atoms with Crippen LogP contribution in [0.1, 0.15) is 48.4 Å². The second-order valence-corrected chi connectivity index (χ2v) is 7.92. The summed E-state index contributed by atoms with van der Waals surface area (Å²) < 4.78 is 20.5. The molecular weight excluding hydrogens is 431 g/mol. The number of unbranched alkanes of at least 4 members (excludes halogenated alkanes) is 1. The zero-order valence-electron chi connectivity index (χ0n) is 19.4. The topological polar surface area (TPSA) is 60.3 Å². The fourth-order valence-corrected chi connectivity index (χ4v) is 3.87. The minimum atomic E-state index is -0.413. The highest BCUT2D eigenvalue weighted by atomic mass is 19.1. The van der Waals surface area contributed by atoms with Crippen molar-refractivity contribution >= 4 is 11.5 Å².